The molecule has 0 heterocycles. The molecule has 0 saturated heterocycles. The number of hydrogen-bond donors (Lipinski definition) is 3. The highest BCUT2D eigenvalue weighted by molar-refractivity contribution is 7.85. The lowest BCUT2D eigenvalue weighted by Crippen LogP contribution is -2.47. The second-order valence-electron chi connectivity index (χ2n) is 13.9. The average Bonchev–Trinajstić information content (AvgIpc) is 3.00. The molecule has 2 unspecified atom stereocenters. The molecule has 0 spiro atoms. The molecule has 2 atom stereocenters. The average molecular weight is 660 g/mol. The molecule has 0 aromatic carbocycles. The predicted octanol–water partition coefficient (Wildman–Crippen LogP) is 11.2. The second-order valence-corrected chi connectivity index (χ2v) is 15.4. The van der Waals surface area contributed by atoms with Gasteiger partial charge in [0.25, 0.3) is 10.1 Å². The first-order chi connectivity index (χ1) is 21.8. The summed E-state index contributed by atoms with van der Waals surface area (Å²) < 4.78 is 32.5. The summed E-state index contributed by atoms with van der Waals surface area (Å²) >= 11 is 0. The van der Waals surface area contributed by atoms with Crippen LogP contribution >= 0.6 is 0 Å². The van der Waals surface area contributed by atoms with E-state index in [2.05, 4.69) is 19.2 Å². The summed E-state index contributed by atoms with van der Waals surface area (Å²) in [6, 6.07) is -0.963. The Hall–Kier alpha value is -0.660. The van der Waals surface area contributed by atoms with Crippen LogP contribution in [0.2, 0.25) is 0 Å². The number of carbonyl (C=O) groups excluding carboxylic acids is 1. The molecule has 0 aromatic rings. The van der Waals surface area contributed by atoms with Crippen molar-refractivity contribution in [2.75, 3.05) is 5.75 Å². The van der Waals surface area contributed by atoms with Crippen molar-refractivity contribution in [2.45, 2.75) is 231 Å². The summed E-state index contributed by atoms with van der Waals surface area (Å²) in [7, 11) is -4.30. The largest absolute Gasteiger partial charge is 0.391 e. The van der Waals surface area contributed by atoms with Gasteiger partial charge in [-0.15, -0.1) is 0 Å². The van der Waals surface area contributed by atoms with Gasteiger partial charge in [0.2, 0.25) is 5.91 Å². The van der Waals surface area contributed by atoms with Crippen LogP contribution in [0.15, 0.2) is 0 Å². The minimum Gasteiger partial charge on any atom is -0.391 e. The molecule has 0 radical (unpaired) electrons. The Labute approximate surface area is 280 Å². The van der Waals surface area contributed by atoms with Gasteiger partial charge in [-0.1, -0.05) is 200 Å². The minimum absolute atomic E-state index is 0.242. The third kappa shape index (κ3) is 34.5. The molecule has 0 rings (SSSR count). The van der Waals surface area contributed by atoms with Crippen LogP contribution in [0.1, 0.15) is 219 Å². The lowest BCUT2D eigenvalue weighted by molar-refractivity contribution is -0.122. The zero-order chi connectivity index (χ0) is 33.3. The Morgan fingerprint density at radius 1 is 0.511 bits per heavy atom. The molecular formula is C38H77NO5S. The zero-order valence-electron chi connectivity index (χ0n) is 30.0. The predicted molar refractivity (Wildman–Crippen MR) is 193 cm³/mol. The number of aliphatic hydroxyl groups excluding tert-OH is 1. The van der Waals surface area contributed by atoms with Gasteiger partial charge in [0.1, 0.15) is 0 Å². The van der Waals surface area contributed by atoms with Crippen LogP contribution in [0.3, 0.4) is 0 Å². The van der Waals surface area contributed by atoms with Crippen molar-refractivity contribution < 1.29 is 22.9 Å². The number of amides is 1. The summed E-state index contributed by atoms with van der Waals surface area (Å²) in [5, 5.41) is 13.3. The van der Waals surface area contributed by atoms with E-state index in [9.17, 15) is 22.9 Å². The molecule has 0 aliphatic heterocycles. The van der Waals surface area contributed by atoms with Crippen molar-refractivity contribution >= 4 is 16.0 Å². The maximum Gasteiger partial charge on any atom is 0.266 e. The van der Waals surface area contributed by atoms with E-state index in [1.54, 1.807) is 0 Å². The first-order valence-corrected chi connectivity index (χ1v) is 21.3. The molecular weight excluding hydrogens is 582 g/mol. The topological polar surface area (TPSA) is 104 Å². The SMILES string of the molecule is CCCCCCCCCCCCCCCCCC(=O)NC(CS(=O)(=O)O)C(O)CCCCCCCCCCCCCCCCC. The highest BCUT2D eigenvalue weighted by atomic mass is 32.2. The Morgan fingerprint density at radius 2 is 0.800 bits per heavy atom. The molecule has 0 aromatic heterocycles. The normalized spacial score (nSPS) is 13.2. The molecule has 1 amide bonds. The molecule has 6 nitrogen and oxygen atoms in total. The van der Waals surface area contributed by atoms with Crippen molar-refractivity contribution in [3.05, 3.63) is 0 Å². The van der Waals surface area contributed by atoms with E-state index in [1.165, 1.54) is 154 Å². The molecule has 45 heavy (non-hydrogen) atoms. The van der Waals surface area contributed by atoms with E-state index in [-0.39, 0.29) is 5.91 Å². The van der Waals surface area contributed by atoms with Gasteiger partial charge in [0, 0.05) is 6.42 Å². The smallest absolute Gasteiger partial charge is 0.266 e. The van der Waals surface area contributed by atoms with Gasteiger partial charge in [0.05, 0.1) is 17.9 Å². The van der Waals surface area contributed by atoms with Gasteiger partial charge in [-0.3, -0.25) is 9.35 Å². The number of hydrogen-bond acceptors (Lipinski definition) is 4. The van der Waals surface area contributed by atoms with Gasteiger partial charge < -0.3 is 10.4 Å². The summed E-state index contributed by atoms with van der Waals surface area (Å²) in [5.41, 5.74) is 0. The standard InChI is InChI=1S/C38H77NO5S/c1-3-5-7-9-11-13-15-17-19-21-23-25-27-29-31-33-37(40)36(35-45(42,43)44)39-38(41)34-32-30-28-26-24-22-20-18-16-14-12-10-8-6-4-2/h36-37,40H,3-35H2,1-2H3,(H,39,41)(H,42,43,44). The maximum atomic E-state index is 12.5. The van der Waals surface area contributed by atoms with E-state index >= 15 is 0 Å². The van der Waals surface area contributed by atoms with Gasteiger partial charge in [-0.05, 0) is 12.8 Å². The first kappa shape index (κ1) is 44.3. The van der Waals surface area contributed by atoms with Gasteiger partial charge in [-0.25, -0.2) is 0 Å². The van der Waals surface area contributed by atoms with Gasteiger partial charge >= 0.3 is 0 Å². The van der Waals surface area contributed by atoms with E-state index in [0.717, 1.165) is 38.5 Å². The number of rotatable bonds is 36. The Bertz CT molecular complexity index is 730. The van der Waals surface area contributed by atoms with Crippen LogP contribution in [0, 0.1) is 0 Å². The fraction of sp³-hybridized carbons (Fsp3) is 0.974. The third-order valence-electron chi connectivity index (χ3n) is 9.31. The molecule has 0 saturated carbocycles. The number of aliphatic hydroxyl groups is 1. The monoisotopic (exact) mass is 660 g/mol. The fourth-order valence-electron chi connectivity index (χ4n) is 6.34. The molecule has 0 bridgehead atoms. The quantitative estimate of drug-likeness (QED) is 0.0458. The number of carbonyl (C=O) groups is 1. The van der Waals surface area contributed by atoms with E-state index in [4.69, 9.17) is 0 Å². The second kappa shape index (κ2) is 33.2. The first-order valence-electron chi connectivity index (χ1n) is 19.7. The highest BCUT2D eigenvalue weighted by Gasteiger charge is 2.26. The molecule has 0 aliphatic carbocycles. The summed E-state index contributed by atoms with van der Waals surface area (Å²) in [6.45, 7) is 4.52. The van der Waals surface area contributed by atoms with E-state index in [0.29, 0.717) is 12.8 Å². The molecule has 3 N–H and O–H groups in total. The molecule has 270 valence electrons. The summed E-state index contributed by atoms with van der Waals surface area (Å²) in [4.78, 5) is 12.5. The Morgan fingerprint density at radius 3 is 1.11 bits per heavy atom. The zero-order valence-corrected chi connectivity index (χ0v) is 30.8. The highest BCUT2D eigenvalue weighted by Crippen LogP contribution is 2.16. The van der Waals surface area contributed by atoms with Gasteiger partial charge in [-0.2, -0.15) is 8.42 Å². The van der Waals surface area contributed by atoms with Crippen molar-refractivity contribution in [3.63, 3.8) is 0 Å². The molecule has 7 heteroatoms. The summed E-state index contributed by atoms with van der Waals surface area (Å²) in [6.07, 6.45) is 37.6. The minimum atomic E-state index is -4.30. The Kier molecular flexibility index (Phi) is 32.8. The van der Waals surface area contributed by atoms with Crippen molar-refractivity contribution in [1.82, 2.24) is 5.32 Å². The Balaban J connectivity index is 3.85. The van der Waals surface area contributed by atoms with Crippen molar-refractivity contribution in [3.8, 4) is 0 Å². The van der Waals surface area contributed by atoms with Gasteiger partial charge in [0.15, 0.2) is 0 Å². The van der Waals surface area contributed by atoms with E-state index in [1.807, 2.05) is 0 Å². The fourth-order valence-corrected chi connectivity index (χ4v) is 7.10. The number of unbranched alkanes of at least 4 members (excludes halogenated alkanes) is 28. The molecule has 0 fully saturated rings. The van der Waals surface area contributed by atoms with Crippen LogP contribution in [0.25, 0.3) is 0 Å². The molecule has 0 aliphatic rings. The maximum absolute atomic E-state index is 12.5. The van der Waals surface area contributed by atoms with Crippen LogP contribution in [-0.2, 0) is 14.9 Å². The van der Waals surface area contributed by atoms with Crippen LogP contribution < -0.4 is 5.32 Å². The summed E-state index contributed by atoms with van der Waals surface area (Å²) in [5.74, 6) is -0.883. The lowest BCUT2D eigenvalue weighted by atomic mass is 10.0. The van der Waals surface area contributed by atoms with E-state index < -0.39 is 28.0 Å². The van der Waals surface area contributed by atoms with Crippen LogP contribution in [0.5, 0.6) is 0 Å². The van der Waals surface area contributed by atoms with Crippen LogP contribution in [-0.4, -0.2) is 41.9 Å². The van der Waals surface area contributed by atoms with Crippen molar-refractivity contribution in [1.29, 1.82) is 0 Å². The number of nitrogens with one attached hydrogen (secondary N) is 1. The van der Waals surface area contributed by atoms with Crippen LogP contribution in [0.4, 0.5) is 0 Å². The van der Waals surface area contributed by atoms with Crippen molar-refractivity contribution in [2.24, 2.45) is 0 Å². The third-order valence-corrected chi connectivity index (χ3v) is 10.1. The lowest BCUT2D eigenvalue weighted by Gasteiger charge is -2.23.